The Kier molecular flexibility index (Phi) is 4.77. The van der Waals surface area contributed by atoms with Gasteiger partial charge in [-0.1, -0.05) is 32.6 Å². The molecule has 0 saturated heterocycles. The minimum Gasteiger partial charge on any atom is -0.403 e. The summed E-state index contributed by atoms with van der Waals surface area (Å²) in [5, 5.41) is 21.1. The summed E-state index contributed by atoms with van der Waals surface area (Å²) in [4.78, 5) is 22.6. The quantitative estimate of drug-likeness (QED) is 0.494. The number of carbonyl (C=O) groups excluding carboxylic acids is 1. The second-order valence-electron chi connectivity index (χ2n) is 4.79. The smallest absolute Gasteiger partial charge is 0.322 e. The third-order valence-electron chi connectivity index (χ3n) is 3.14. The van der Waals surface area contributed by atoms with Gasteiger partial charge in [-0.15, -0.1) is 5.10 Å². The molecule has 0 bridgehead atoms. The van der Waals surface area contributed by atoms with Crippen LogP contribution in [0.4, 0.5) is 11.7 Å². The monoisotopic (exact) mass is 422 g/mol. The molecule has 0 radical (unpaired) electrons. The first-order valence-electron chi connectivity index (χ1n) is 6.79. The Hall–Kier alpha value is -2.78. The number of hydrogen-bond acceptors (Lipinski definition) is 6. The molecular weight excluding hydrogens is 416 g/mol. The fraction of sp³-hybridized carbons (Fsp3) is 0. The average molecular weight is 424 g/mol. The molecule has 0 fully saturated rings. The average Bonchev–Trinajstić information content (AvgIpc) is 3.03. The highest BCUT2D eigenvalue weighted by atomic mass is 79.9. The fourth-order valence-electron chi connectivity index (χ4n) is 2.00. The first kappa shape index (κ1) is 17.1. The van der Waals surface area contributed by atoms with Gasteiger partial charge in [0, 0.05) is 21.1 Å². The number of halogens is 2. The predicted octanol–water partition coefficient (Wildman–Crippen LogP) is 4.31. The molecule has 126 valence electrons. The van der Waals surface area contributed by atoms with Crippen LogP contribution in [0, 0.1) is 10.1 Å². The molecule has 3 aromatic rings. The fourth-order valence-corrected chi connectivity index (χ4v) is 2.43. The van der Waals surface area contributed by atoms with Gasteiger partial charge in [-0.3, -0.25) is 20.2 Å². The Morgan fingerprint density at radius 1 is 1.20 bits per heavy atom. The van der Waals surface area contributed by atoms with Crippen molar-refractivity contribution in [3.63, 3.8) is 0 Å². The van der Waals surface area contributed by atoms with Crippen molar-refractivity contribution in [2.45, 2.75) is 0 Å². The highest BCUT2D eigenvalue weighted by molar-refractivity contribution is 9.10. The van der Waals surface area contributed by atoms with Gasteiger partial charge in [0.25, 0.3) is 11.6 Å². The van der Waals surface area contributed by atoms with Crippen molar-refractivity contribution >= 4 is 45.1 Å². The number of nitro groups is 1. The zero-order valence-electron chi connectivity index (χ0n) is 12.3. The van der Waals surface area contributed by atoms with Crippen molar-refractivity contribution in [1.29, 1.82) is 0 Å². The highest BCUT2D eigenvalue weighted by Gasteiger charge is 2.22. The molecule has 0 saturated carbocycles. The molecule has 3 rings (SSSR count). The van der Waals surface area contributed by atoms with Crippen molar-refractivity contribution in [1.82, 2.24) is 10.2 Å². The lowest BCUT2D eigenvalue weighted by atomic mass is 10.1. The summed E-state index contributed by atoms with van der Waals surface area (Å²) in [5.41, 5.74) is 0.0698. The van der Waals surface area contributed by atoms with Crippen molar-refractivity contribution < 1.29 is 14.1 Å². The van der Waals surface area contributed by atoms with Crippen molar-refractivity contribution in [3.8, 4) is 11.5 Å². The summed E-state index contributed by atoms with van der Waals surface area (Å²) in [6.07, 6.45) is 0. The van der Waals surface area contributed by atoms with Gasteiger partial charge in [0.05, 0.1) is 4.92 Å². The molecule has 1 aromatic heterocycles. The van der Waals surface area contributed by atoms with Crippen molar-refractivity contribution in [2.75, 3.05) is 5.32 Å². The number of carbonyl (C=O) groups is 1. The Morgan fingerprint density at radius 2 is 1.92 bits per heavy atom. The number of rotatable bonds is 4. The molecule has 0 spiro atoms. The topological polar surface area (TPSA) is 111 Å². The molecular formula is C15H8BrClN4O4. The lowest BCUT2D eigenvalue weighted by molar-refractivity contribution is -0.385. The lowest BCUT2D eigenvalue weighted by Crippen LogP contribution is -2.14. The normalized spacial score (nSPS) is 10.5. The molecule has 0 unspecified atom stereocenters. The van der Waals surface area contributed by atoms with Crippen LogP contribution in [-0.4, -0.2) is 21.0 Å². The number of amides is 1. The first-order valence-corrected chi connectivity index (χ1v) is 7.96. The molecule has 0 aliphatic rings. The van der Waals surface area contributed by atoms with E-state index in [4.69, 9.17) is 16.0 Å². The molecule has 0 aliphatic carbocycles. The van der Waals surface area contributed by atoms with Crippen LogP contribution >= 0.6 is 27.5 Å². The molecule has 0 aliphatic heterocycles. The summed E-state index contributed by atoms with van der Waals surface area (Å²) in [7, 11) is 0. The number of benzene rings is 2. The van der Waals surface area contributed by atoms with Gasteiger partial charge in [-0.05, 0) is 36.4 Å². The largest absolute Gasteiger partial charge is 0.403 e. The van der Waals surface area contributed by atoms with E-state index >= 15 is 0 Å². The van der Waals surface area contributed by atoms with Gasteiger partial charge in [-0.2, -0.15) is 0 Å². The van der Waals surface area contributed by atoms with Gasteiger partial charge < -0.3 is 4.42 Å². The van der Waals surface area contributed by atoms with Gasteiger partial charge in [0.15, 0.2) is 0 Å². The summed E-state index contributed by atoms with van der Waals surface area (Å²) in [5.74, 6) is -0.580. The van der Waals surface area contributed by atoms with Crippen LogP contribution in [0.25, 0.3) is 11.5 Å². The van der Waals surface area contributed by atoms with Crippen LogP contribution in [0.15, 0.2) is 51.4 Å². The standard InChI is InChI=1S/C15H8BrClN4O4/c16-9-3-1-8(2-4-9)14-19-20-15(25-14)18-13(22)11-7-10(17)5-6-12(11)21(23)24/h1-7H,(H,18,20,22). The molecule has 1 amide bonds. The van der Waals surface area contributed by atoms with Gasteiger partial charge in [-0.25, -0.2) is 0 Å². The summed E-state index contributed by atoms with van der Waals surface area (Å²) < 4.78 is 6.25. The third kappa shape index (κ3) is 3.83. The van der Waals surface area contributed by atoms with Gasteiger partial charge in [0.2, 0.25) is 5.89 Å². The SMILES string of the molecule is O=C(Nc1nnc(-c2ccc(Br)cc2)o1)c1cc(Cl)ccc1[N+](=O)[O-]. The number of nitrogens with one attached hydrogen (secondary N) is 1. The zero-order valence-corrected chi connectivity index (χ0v) is 14.6. The van der Waals surface area contributed by atoms with E-state index in [2.05, 4.69) is 31.4 Å². The Labute approximate surface area is 154 Å². The Balaban J connectivity index is 1.84. The maximum absolute atomic E-state index is 12.3. The van der Waals surface area contributed by atoms with E-state index in [-0.39, 0.29) is 28.2 Å². The Morgan fingerprint density at radius 3 is 2.60 bits per heavy atom. The van der Waals surface area contributed by atoms with Crippen LogP contribution < -0.4 is 5.32 Å². The maximum atomic E-state index is 12.3. The molecule has 10 heteroatoms. The van der Waals surface area contributed by atoms with Crippen LogP contribution in [0.3, 0.4) is 0 Å². The molecule has 25 heavy (non-hydrogen) atoms. The zero-order chi connectivity index (χ0) is 18.0. The van der Waals surface area contributed by atoms with Gasteiger partial charge in [0.1, 0.15) is 5.56 Å². The van der Waals surface area contributed by atoms with Gasteiger partial charge >= 0.3 is 6.01 Å². The minimum atomic E-state index is -0.778. The van der Waals surface area contributed by atoms with Crippen molar-refractivity contribution in [3.05, 3.63) is 67.6 Å². The summed E-state index contributed by atoms with van der Waals surface area (Å²) in [6, 6.07) is 10.6. The molecule has 1 N–H and O–H groups in total. The number of nitrogens with zero attached hydrogens (tertiary/aromatic N) is 3. The third-order valence-corrected chi connectivity index (χ3v) is 3.90. The molecule has 2 aromatic carbocycles. The number of aromatic nitrogens is 2. The van der Waals surface area contributed by atoms with E-state index in [0.29, 0.717) is 5.56 Å². The Bertz CT molecular complexity index is 958. The molecule has 1 heterocycles. The maximum Gasteiger partial charge on any atom is 0.322 e. The van der Waals surface area contributed by atoms with E-state index in [1.54, 1.807) is 24.3 Å². The molecule has 8 nitrogen and oxygen atoms in total. The van der Waals surface area contributed by atoms with Crippen LogP contribution in [0.1, 0.15) is 10.4 Å². The van der Waals surface area contributed by atoms with E-state index < -0.39 is 10.8 Å². The number of nitro benzene ring substituents is 1. The lowest BCUT2D eigenvalue weighted by Gasteiger charge is -2.02. The second kappa shape index (κ2) is 6.99. The molecule has 0 atom stereocenters. The van der Waals surface area contributed by atoms with E-state index in [1.807, 2.05) is 0 Å². The van der Waals surface area contributed by atoms with E-state index in [9.17, 15) is 14.9 Å². The predicted molar refractivity (Wildman–Crippen MR) is 93.5 cm³/mol. The van der Waals surface area contributed by atoms with E-state index in [1.165, 1.54) is 12.1 Å². The second-order valence-corrected chi connectivity index (χ2v) is 6.14. The number of anilines is 1. The summed E-state index contributed by atoms with van der Waals surface area (Å²) in [6.45, 7) is 0. The van der Waals surface area contributed by atoms with E-state index in [0.717, 1.165) is 10.5 Å². The van der Waals surface area contributed by atoms with Crippen LogP contribution in [-0.2, 0) is 0 Å². The van der Waals surface area contributed by atoms with Crippen LogP contribution in [0.5, 0.6) is 0 Å². The first-order chi connectivity index (χ1) is 11.9. The van der Waals surface area contributed by atoms with Crippen molar-refractivity contribution in [2.24, 2.45) is 0 Å². The summed E-state index contributed by atoms with van der Waals surface area (Å²) >= 11 is 9.12. The highest BCUT2D eigenvalue weighted by Crippen LogP contribution is 2.25. The number of hydrogen-bond donors (Lipinski definition) is 1. The van der Waals surface area contributed by atoms with Crippen LogP contribution in [0.2, 0.25) is 5.02 Å². The minimum absolute atomic E-state index is 0.183.